The number of hydrogen-bond donors (Lipinski definition) is 0. The van der Waals surface area contributed by atoms with Crippen LogP contribution in [0.2, 0.25) is 0 Å². The zero-order valence-electron chi connectivity index (χ0n) is 28.0. The van der Waals surface area contributed by atoms with Gasteiger partial charge in [0.1, 0.15) is 0 Å². The van der Waals surface area contributed by atoms with Gasteiger partial charge in [-0.3, -0.25) is 0 Å². The Morgan fingerprint density at radius 3 is 1.42 bits per heavy atom. The third-order valence-electron chi connectivity index (χ3n) is 8.73. The molecule has 240 valence electrons. The predicted molar refractivity (Wildman–Crippen MR) is 209 cm³/mol. The summed E-state index contributed by atoms with van der Waals surface area (Å²) < 4.78 is 0. The standard InChI is InChI=1S/C44H44N4/c1-9-17-31-33(19-11-3)41-37(23-15-7)43-35(21-13-5)36(22-14-6)44(48-43)38(24-16-8)42-34(20-12-4)32(18-10-2)40(47-42)28-30-26-25-29(45-30)27-39(31)46-41/h9-16,25-28H,1-8,17-24H2. The minimum atomic E-state index is 0.580. The molecular weight excluding hydrogens is 585 g/mol. The number of rotatable bonds is 16. The molecule has 0 fully saturated rings. The van der Waals surface area contributed by atoms with Crippen molar-refractivity contribution in [2.75, 3.05) is 0 Å². The summed E-state index contributed by atoms with van der Waals surface area (Å²) >= 11 is 0. The van der Waals surface area contributed by atoms with Crippen LogP contribution in [-0.4, -0.2) is 22.8 Å². The van der Waals surface area contributed by atoms with E-state index in [1.165, 1.54) is 0 Å². The molecule has 0 saturated heterocycles. The first-order valence-electron chi connectivity index (χ1n) is 16.5. The number of allylic oxidation sites excluding steroid dienone is 20. The third-order valence-corrected chi connectivity index (χ3v) is 8.73. The minimum absolute atomic E-state index is 0.580. The minimum Gasteiger partial charge on any atom is -0.249 e. The van der Waals surface area contributed by atoms with Gasteiger partial charge in [0.05, 0.1) is 45.6 Å². The summed E-state index contributed by atoms with van der Waals surface area (Å²) in [5.41, 5.74) is 15.8. The molecule has 0 aromatic rings. The molecule has 5 rings (SSSR count). The fourth-order valence-electron chi connectivity index (χ4n) is 6.81. The first-order chi connectivity index (χ1) is 23.5. The van der Waals surface area contributed by atoms with Crippen molar-refractivity contribution < 1.29 is 0 Å². The van der Waals surface area contributed by atoms with Crippen LogP contribution in [0.5, 0.6) is 0 Å². The molecule has 4 nitrogen and oxygen atoms in total. The van der Waals surface area contributed by atoms with Gasteiger partial charge in [-0.2, -0.15) is 0 Å². The lowest BCUT2D eigenvalue weighted by molar-refractivity contribution is 1.12. The van der Waals surface area contributed by atoms with Crippen LogP contribution in [0.3, 0.4) is 0 Å². The van der Waals surface area contributed by atoms with Crippen LogP contribution >= 0.6 is 0 Å². The summed E-state index contributed by atoms with van der Waals surface area (Å²) in [6.07, 6.45) is 28.7. The van der Waals surface area contributed by atoms with Crippen LogP contribution in [0.1, 0.15) is 51.4 Å². The largest absolute Gasteiger partial charge is 0.249 e. The fraction of sp³-hybridized carbons (Fsp3) is 0.182. The van der Waals surface area contributed by atoms with E-state index < -0.39 is 0 Å². The molecule has 0 N–H and O–H groups in total. The van der Waals surface area contributed by atoms with Gasteiger partial charge in [0.15, 0.2) is 0 Å². The zero-order valence-corrected chi connectivity index (χ0v) is 28.0. The lowest BCUT2D eigenvalue weighted by atomic mass is 9.87. The van der Waals surface area contributed by atoms with E-state index in [-0.39, 0.29) is 0 Å². The SMILES string of the molecule is C=CCC1=C(CC=C)C2=NC1=CC1=NC(=CC3=NC(=C(CC=C)C4=NC(=C2CC=C)C(CC=C)=C4CC=C)C(CC=C)=C3CC=C)C=C1. The van der Waals surface area contributed by atoms with Crippen molar-refractivity contribution >= 4 is 22.8 Å². The Bertz CT molecular complexity index is 1920. The van der Waals surface area contributed by atoms with Gasteiger partial charge in [-0.25, -0.2) is 20.0 Å². The predicted octanol–water partition coefficient (Wildman–Crippen LogP) is 11.1. The Hall–Kier alpha value is -5.48. The smallest absolute Gasteiger partial charge is 0.0732 e. The van der Waals surface area contributed by atoms with Gasteiger partial charge in [-0.1, -0.05) is 48.6 Å². The third kappa shape index (κ3) is 6.39. The van der Waals surface area contributed by atoms with Crippen molar-refractivity contribution in [3.8, 4) is 0 Å². The molecule has 0 atom stereocenters. The van der Waals surface area contributed by atoms with Gasteiger partial charge in [0, 0.05) is 11.1 Å². The highest BCUT2D eigenvalue weighted by molar-refractivity contribution is 6.22. The Morgan fingerprint density at radius 2 is 0.833 bits per heavy atom. The lowest BCUT2D eigenvalue weighted by Crippen LogP contribution is -2.08. The van der Waals surface area contributed by atoms with Crippen molar-refractivity contribution in [3.63, 3.8) is 0 Å². The summed E-state index contributed by atoms with van der Waals surface area (Å²) in [4.78, 5) is 21.2. The Labute approximate surface area is 286 Å². The number of hydrogen-bond acceptors (Lipinski definition) is 4. The van der Waals surface area contributed by atoms with E-state index in [9.17, 15) is 0 Å². The summed E-state index contributed by atoms with van der Waals surface area (Å²) in [5.74, 6) is 0. The van der Waals surface area contributed by atoms with E-state index in [1.807, 2.05) is 60.8 Å². The Balaban J connectivity index is 1.99. The average molecular weight is 629 g/mol. The molecule has 0 radical (unpaired) electrons. The highest BCUT2D eigenvalue weighted by atomic mass is 14.9. The molecule has 8 bridgehead atoms. The molecule has 0 aromatic heterocycles. The molecule has 5 aliphatic rings. The van der Waals surface area contributed by atoms with Crippen LogP contribution in [0.15, 0.2) is 213 Å². The molecule has 48 heavy (non-hydrogen) atoms. The fourth-order valence-corrected chi connectivity index (χ4v) is 6.81. The maximum absolute atomic E-state index is 5.54. The van der Waals surface area contributed by atoms with Gasteiger partial charge in [0.25, 0.3) is 0 Å². The molecule has 0 saturated carbocycles. The van der Waals surface area contributed by atoms with Crippen LogP contribution < -0.4 is 0 Å². The Morgan fingerprint density at radius 1 is 0.396 bits per heavy atom. The average Bonchev–Trinajstić information content (AvgIpc) is 3.83. The first-order valence-corrected chi connectivity index (χ1v) is 16.5. The molecule has 5 aliphatic heterocycles. The van der Waals surface area contributed by atoms with Crippen LogP contribution in [0, 0.1) is 0 Å². The number of aliphatic imine (C=N–C) groups is 4. The van der Waals surface area contributed by atoms with E-state index >= 15 is 0 Å². The van der Waals surface area contributed by atoms with Crippen molar-refractivity contribution in [2.45, 2.75) is 51.4 Å². The molecule has 0 aromatic carbocycles. The number of fused-ring (bicyclic) bond motifs is 4. The van der Waals surface area contributed by atoms with E-state index in [4.69, 9.17) is 20.0 Å². The van der Waals surface area contributed by atoms with Crippen molar-refractivity contribution in [1.82, 2.24) is 0 Å². The van der Waals surface area contributed by atoms with E-state index in [2.05, 4.69) is 64.8 Å². The second kappa shape index (κ2) is 15.4. The van der Waals surface area contributed by atoms with Crippen LogP contribution in [-0.2, 0) is 0 Å². The highest BCUT2D eigenvalue weighted by Gasteiger charge is 2.34. The molecule has 0 unspecified atom stereocenters. The highest BCUT2D eigenvalue weighted by Crippen LogP contribution is 2.44. The van der Waals surface area contributed by atoms with E-state index in [1.54, 1.807) is 0 Å². The summed E-state index contributed by atoms with van der Waals surface area (Å²) in [6, 6.07) is 0. The summed E-state index contributed by atoms with van der Waals surface area (Å²) in [5, 5.41) is 0. The maximum Gasteiger partial charge on any atom is 0.0732 e. The monoisotopic (exact) mass is 628 g/mol. The quantitative estimate of drug-likeness (QED) is 0.153. The van der Waals surface area contributed by atoms with Crippen LogP contribution in [0.4, 0.5) is 0 Å². The van der Waals surface area contributed by atoms with E-state index in [0.717, 1.165) is 90.2 Å². The second-order valence-corrected chi connectivity index (χ2v) is 11.9. The second-order valence-electron chi connectivity index (χ2n) is 11.9. The van der Waals surface area contributed by atoms with Gasteiger partial charge in [-0.15, -0.1) is 52.6 Å². The van der Waals surface area contributed by atoms with Crippen molar-refractivity contribution in [2.24, 2.45) is 20.0 Å². The molecule has 0 spiro atoms. The summed E-state index contributed by atoms with van der Waals surface area (Å²) in [7, 11) is 0. The van der Waals surface area contributed by atoms with Gasteiger partial charge in [0.2, 0.25) is 0 Å². The van der Waals surface area contributed by atoms with Crippen molar-refractivity contribution in [1.29, 1.82) is 0 Å². The van der Waals surface area contributed by atoms with E-state index in [0.29, 0.717) is 51.4 Å². The normalized spacial score (nSPS) is 18.3. The Kier molecular flexibility index (Phi) is 10.9. The topological polar surface area (TPSA) is 49.4 Å². The molecular formula is C44H44N4. The molecule has 5 heterocycles. The molecule has 0 aliphatic carbocycles. The maximum atomic E-state index is 5.54. The van der Waals surface area contributed by atoms with Gasteiger partial charge in [-0.05, 0) is 109 Å². The van der Waals surface area contributed by atoms with Crippen molar-refractivity contribution in [3.05, 3.63) is 193 Å². The van der Waals surface area contributed by atoms with Gasteiger partial charge < -0.3 is 0 Å². The molecule has 0 amide bonds. The van der Waals surface area contributed by atoms with Crippen LogP contribution in [0.25, 0.3) is 0 Å². The summed E-state index contributed by atoms with van der Waals surface area (Å²) in [6.45, 7) is 33.0. The lowest BCUT2D eigenvalue weighted by Gasteiger charge is -2.15. The molecule has 4 heteroatoms. The number of nitrogens with zero attached hydrogens (tertiary/aromatic N) is 4. The zero-order chi connectivity index (χ0) is 34.2. The van der Waals surface area contributed by atoms with Gasteiger partial charge >= 0.3 is 0 Å². The first kappa shape index (κ1) is 33.9.